The van der Waals surface area contributed by atoms with E-state index in [1.54, 1.807) is 18.5 Å². The molecule has 2 N–H and O–H groups in total. The highest BCUT2D eigenvalue weighted by Gasteiger charge is 2.42. The number of aliphatic hydroxyl groups is 1. The third-order valence-corrected chi connectivity index (χ3v) is 3.70. The van der Waals surface area contributed by atoms with Crippen molar-refractivity contribution in [3.63, 3.8) is 0 Å². The van der Waals surface area contributed by atoms with Crippen molar-refractivity contribution in [3.8, 4) is 0 Å². The Morgan fingerprint density at radius 1 is 1.61 bits per heavy atom. The van der Waals surface area contributed by atoms with Crippen LogP contribution < -0.4 is 5.32 Å². The van der Waals surface area contributed by atoms with Crippen molar-refractivity contribution >= 4 is 11.6 Å². The molecule has 0 aromatic carbocycles. The zero-order valence-electron chi connectivity index (χ0n) is 10.6. The molecule has 1 aromatic heterocycles. The molecule has 7 nitrogen and oxygen atoms in total. The summed E-state index contributed by atoms with van der Waals surface area (Å²) in [6.07, 6.45) is 2.86. The predicted molar refractivity (Wildman–Crippen MR) is 66.5 cm³/mol. The molecular weight excluding hydrogens is 236 g/mol. The topological polar surface area (TPSA) is 93.2 Å². The summed E-state index contributed by atoms with van der Waals surface area (Å²) < 4.78 is 1.69. The molecule has 0 spiro atoms. The van der Waals surface area contributed by atoms with Gasteiger partial charge in [-0.15, -0.1) is 0 Å². The number of rotatable bonds is 6. The van der Waals surface area contributed by atoms with Crippen LogP contribution in [0.5, 0.6) is 0 Å². The largest absolute Gasteiger partial charge is 0.406 e. The Morgan fingerprint density at radius 3 is 2.78 bits per heavy atom. The summed E-state index contributed by atoms with van der Waals surface area (Å²) in [7, 11) is 1.75. The van der Waals surface area contributed by atoms with Crippen molar-refractivity contribution in [2.45, 2.75) is 26.2 Å². The van der Waals surface area contributed by atoms with Gasteiger partial charge in [0.1, 0.15) is 0 Å². The van der Waals surface area contributed by atoms with E-state index < -0.39 is 4.92 Å². The van der Waals surface area contributed by atoms with Crippen LogP contribution in [0.2, 0.25) is 0 Å². The molecule has 1 fully saturated rings. The van der Waals surface area contributed by atoms with Gasteiger partial charge in [-0.2, -0.15) is 0 Å². The lowest BCUT2D eigenvalue weighted by Gasteiger charge is -2.15. The Labute approximate surface area is 105 Å². The number of imidazole rings is 1. The summed E-state index contributed by atoms with van der Waals surface area (Å²) in [5.41, 5.74) is 0.112. The van der Waals surface area contributed by atoms with Crippen LogP contribution in [0.1, 0.15) is 25.1 Å². The van der Waals surface area contributed by atoms with Crippen LogP contribution in [0.4, 0.5) is 11.6 Å². The lowest BCUT2D eigenvalue weighted by atomic mass is 10.0. The fourth-order valence-electron chi connectivity index (χ4n) is 2.12. The molecule has 1 aromatic rings. The molecular formula is C11H18N4O3. The Kier molecular flexibility index (Phi) is 3.25. The summed E-state index contributed by atoms with van der Waals surface area (Å²) in [5.74, 6) is 0.924. The third-order valence-electron chi connectivity index (χ3n) is 3.70. The van der Waals surface area contributed by atoms with Crippen molar-refractivity contribution in [1.29, 1.82) is 0 Å². The van der Waals surface area contributed by atoms with E-state index in [-0.39, 0.29) is 17.8 Å². The molecule has 0 atom stereocenters. The van der Waals surface area contributed by atoms with Gasteiger partial charge >= 0.3 is 5.82 Å². The average molecular weight is 254 g/mol. The molecule has 0 amide bonds. The molecule has 0 unspecified atom stereocenters. The maximum Gasteiger partial charge on any atom is 0.406 e. The lowest BCUT2D eigenvalue weighted by Crippen LogP contribution is -2.18. The summed E-state index contributed by atoms with van der Waals surface area (Å²) >= 11 is 0. The van der Waals surface area contributed by atoms with Gasteiger partial charge in [-0.1, -0.05) is 0 Å². The maximum atomic E-state index is 10.9. The van der Waals surface area contributed by atoms with Gasteiger partial charge in [0.15, 0.2) is 0 Å². The van der Waals surface area contributed by atoms with Crippen LogP contribution in [0, 0.1) is 22.5 Å². The van der Waals surface area contributed by atoms with Crippen LogP contribution in [0.15, 0.2) is 0 Å². The van der Waals surface area contributed by atoms with E-state index in [0.29, 0.717) is 18.2 Å². The highest BCUT2D eigenvalue weighted by atomic mass is 16.6. The zero-order chi connectivity index (χ0) is 13.3. The standard InChI is InChI=1S/C11H18N4O3/c1-8-13-10(15(17)18)9(14(8)2)12-7-11(3-4-11)5-6-16/h12,16H,3-7H2,1-2H3. The SMILES string of the molecule is Cc1nc([N+](=O)[O-])c(NCC2(CCO)CC2)n1C. The van der Waals surface area contributed by atoms with E-state index in [9.17, 15) is 10.1 Å². The minimum absolute atomic E-state index is 0.112. The average Bonchev–Trinajstić information content (AvgIpc) is 3.01. The number of aryl methyl sites for hydroxylation is 1. The molecule has 0 saturated heterocycles. The first-order chi connectivity index (χ1) is 8.49. The fourth-order valence-corrected chi connectivity index (χ4v) is 2.12. The predicted octanol–water partition coefficient (Wildman–Crippen LogP) is 1.21. The number of nitrogens with one attached hydrogen (secondary N) is 1. The quantitative estimate of drug-likeness (QED) is 0.588. The first kappa shape index (κ1) is 12.8. The minimum atomic E-state index is -0.471. The summed E-state index contributed by atoms with van der Waals surface area (Å²) in [5, 5.41) is 23.0. The molecule has 100 valence electrons. The molecule has 1 saturated carbocycles. The smallest absolute Gasteiger partial charge is 0.396 e. The van der Waals surface area contributed by atoms with Crippen molar-refractivity contribution < 1.29 is 10.0 Å². The third kappa shape index (κ3) is 2.31. The van der Waals surface area contributed by atoms with Crippen molar-refractivity contribution in [2.24, 2.45) is 12.5 Å². The van der Waals surface area contributed by atoms with E-state index in [0.717, 1.165) is 19.3 Å². The highest BCUT2D eigenvalue weighted by Crippen LogP contribution is 2.48. The second-order valence-electron chi connectivity index (χ2n) is 4.97. The molecule has 0 aliphatic heterocycles. The number of hydrogen-bond donors (Lipinski definition) is 2. The number of nitro groups is 1. The lowest BCUT2D eigenvalue weighted by molar-refractivity contribution is -0.388. The number of anilines is 1. The van der Waals surface area contributed by atoms with Crippen molar-refractivity contribution in [1.82, 2.24) is 9.55 Å². The Hall–Kier alpha value is -1.63. The fraction of sp³-hybridized carbons (Fsp3) is 0.727. The van der Waals surface area contributed by atoms with Crippen molar-refractivity contribution in [3.05, 3.63) is 15.9 Å². The van der Waals surface area contributed by atoms with Crippen molar-refractivity contribution in [2.75, 3.05) is 18.5 Å². The summed E-state index contributed by atoms with van der Waals surface area (Å²) in [6, 6.07) is 0. The normalized spacial score (nSPS) is 16.6. The van der Waals surface area contributed by atoms with Crippen LogP contribution in [-0.4, -0.2) is 32.7 Å². The molecule has 1 heterocycles. The van der Waals surface area contributed by atoms with Gasteiger partial charge in [0.05, 0.1) is 0 Å². The van der Waals surface area contributed by atoms with E-state index >= 15 is 0 Å². The number of hydrogen-bond acceptors (Lipinski definition) is 5. The molecule has 1 aliphatic carbocycles. The second-order valence-corrected chi connectivity index (χ2v) is 4.97. The number of nitrogens with zero attached hydrogens (tertiary/aromatic N) is 3. The van der Waals surface area contributed by atoms with E-state index in [1.807, 2.05) is 0 Å². The highest BCUT2D eigenvalue weighted by molar-refractivity contribution is 5.53. The van der Waals surface area contributed by atoms with Gasteiger partial charge in [-0.05, 0) is 34.6 Å². The van der Waals surface area contributed by atoms with E-state index in [2.05, 4.69) is 10.3 Å². The summed E-state index contributed by atoms with van der Waals surface area (Å²) in [4.78, 5) is 14.4. The van der Waals surface area contributed by atoms with E-state index in [4.69, 9.17) is 5.11 Å². The Balaban J connectivity index is 2.11. The maximum absolute atomic E-state index is 10.9. The zero-order valence-corrected chi connectivity index (χ0v) is 10.6. The van der Waals surface area contributed by atoms with Gasteiger partial charge in [0, 0.05) is 27.1 Å². The van der Waals surface area contributed by atoms with Gasteiger partial charge in [0.2, 0.25) is 11.6 Å². The molecule has 7 heteroatoms. The first-order valence-corrected chi connectivity index (χ1v) is 6.01. The molecule has 0 bridgehead atoms. The molecule has 1 aliphatic rings. The van der Waals surface area contributed by atoms with Crippen LogP contribution >= 0.6 is 0 Å². The van der Waals surface area contributed by atoms with Gasteiger partial charge in [-0.25, -0.2) is 0 Å². The van der Waals surface area contributed by atoms with Crippen LogP contribution in [-0.2, 0) is 7.05 Å². The Bertz CT molecular complexity index is 465. The number of aliphatic hydroxyl groups excluding tert-OH is 1. The minimum Gasteiger partial charge on any atom is -0.396 e. The first-order valence-electron chi connectivity index (χ1n) is 6.01. The summed E-state index contributed by atoms with van der Waals surface area (Å²) in [6.45, 7) is 2.54. The van der Waals surface area contributed by atoms with Gasteiger partial charge < -0.3 is 20.5 Å². The second kappa shape index (κ2) is 4.56. The number of aromatic nitrogens is 2. The Morgan fingerprint density at radius 2 is 2.28 bits per heavy atom. The monoisotopic (exact) mass is 254 g/mol. The molecule has 0 radical (unpaired) electrons. The molecule has 18 heavy (non-hydrogen) atoms. The van der Waals surface area contributed by atoms with Gasteiger partial charge in [-0.3, -0.25) is 4.57 Å². The van der Waals surface area contributed by atoms with Gasteiger partial charge in [0.25, 0.3) is 0 Å². The van der Waals surface area contributed by atoms with Crippen LogP contribution in [0.25, 0.3) is 0 Å². The van der Waals surface area contributed by atoms with E-state index in [1.165, 1.54) is 0 Å². The van der Waals surface area contributed by atoms with Crippen LogP contribution in [0.3, 0.4) is 0 Å². The molecule has 2 rings (SSSR count).